The van der Waals surface area contributed by atoms with Crippen molar-refractivity contribution in [2.45, 2.75) is 44.8 Å². The van der Waals surface area contributed by atoms with Crippen LogP contribution in [0.15, 0.2) is 15.7 Å². The smallest absolute Gasteiger partial charge is 0.350 e. The fraction of sp³-hybridized carbons (Fsp3) is 0.579. The van der Waals surface area contributed by atoms with Gasteiger partial charge in [0.25, 0.3) is 5.56 Å². The van der Waals surface area contributed by atoms with Crippen molar-refractivity contribution in [3.63, 3.8) is 0 Å². The Balaban J connectivity index is 0.00000240. The molecule has 1 aromatic carbocycles. The quantitative estimate of drug-likeness (QED) is 0.713. The standard InChI is InChI=1S/C19H25FN4O4.ClH/c1-19(2,27)10-6-7-22(9-10)15-13(20)8-12-14(16(15)28-3)23(11-4-5-11)18(26)24(21)17(12)25;/h8,10-11,27H,4-7,9,21H2,1-3H3;1H. The molecule has 1 aliphatic heterocycles. The van der Waals surface area contributed by atoms with E-state index in [-0.39, 0.29) is 46.7 Å². The summed E-state index contributed by atoms with van der Waals surface area (Å²) in [6.45, 7) is 4.46. The van der Waals surface area contributed by atoms with Gasteiger partial charge in [-0.25, -0.2) is 9.18 Å². The first-order valence-electron chi connectivity index (χ1n) is 9.45. The largest absolute Gasteiger partial charge is 0.492 e. The molecule has 0 amide bonds. The van der Waals surface area contributed by atoms with Gasteiger partial charge in [0.1, 0.15) is 11.2 Å². The van der Waals surface area contributed by atoms with Crippen LogP contribution in [0.3, 0.4) is 0 Å². The van der Waals surface area contributed by atoms with Crippen molar-refractivity contribution in [3.8, 4) is 5.75 Å². The van der Waals surface area contributed by atoms with Crippen LogP contribution in [-0.2, 0) is 0 Å². The Bertz CT molecular complexity index is 1070. The molecule has 2 heterocycles. The lowest BCUT2D eigenvalue weighted by atomic mass is 9.90. The summed E-state index contributed by atoms with van der Waals surface area (Å²) in [6.07, 6.45) is 2.27. The Hall–Kier alpha value is -2.26. The van der Waals surface area contributed by atoms with Crippen molar-refractivity contribution in [1.82, 2.24) is 9.24 Å². The average Bonchev–Trinajstić information content (AvgIpc) is 3.33. The molecule has 0 spiro atoms. The van der Waals surface area contributed by atoms with Crippen LogP contribution < -0.4 is 26.7 Å². The molecule has 1 atom stereocenters. The fourth-order valence-corrected chi connectivity index (χ4v) is 4.14. The SMILES string of the molecule is COc1c(N2CCC(C(C)(C)O)C2)c(F)cc2c(=O)n(N)c(=O)n(C3CC3)c12.Cl. The van der Waals surface area contributed by atoms with Gasteiger partial charge in [-0.05, 0) is 39.2 Å². The first kappa shape index (κ1) is 21.4. The van der Waals surface area contributed by atoms with Crippen LogP contribution in [0.1, 0.15) is 39.2 Å². The predicted molar refractivity (Wildman–Crippen MR) is 111 cm³/mol. The van der Waals surface area contributed by atoms with Gasteiger partial charge in [-0.15, -0.1) is 12.4 Å². The number of fused-ring (bicyclic) bond motifs is 1. The third kappa shape index (κ3) is 3.36. The van der Waals surface area contributed by atoms with E-state index >= 15 is 4.39 Å². The number of rotatable bonds is 4. The van der Waals surface area contributed by atoms with Gasteiger partial charge < -0.3 is 20.6 Å². The molecule has 29 heavy (non-hydrogen) atoms. The molecule has 1 saturated carbocycles. The van der Waals surface area contributed by atoms with Crippen molar-refractivity contribution in [1.29, 1.82) is 0 Å². The maximum Gasteiger partial charge on any atom is 0.350 e. The number of nitrogens with zero attached hydrogens (tertiary/aromatic N) is 3. The van der Waals surface area contributed by atoms with Crippen LogP contribution in [0, 0.1) is 11.7 Å². The van der Waals surface area contributed by atoms with E-state index in [4.69, 9.17) is 10.6 Å². The van der Waals surface area contributed by atoms with Gasteiger partial charge >= 0.3 is 5.69 Å². The van der Waals surface area contributed by atoms with Crippen LogP contribution in [0.25, 0.3) is 10.9 Å². The normalized spacial score (nSPS) is 19.5. The maximum atomic E-state index is 15.1. The summed E-state index contributed by atoms with van der Waals surface area (Å²) in [5.41, 5.74) is -1.78. The lowest BCUT2D eigenvalue weighted by Crippen LogP contribution is -2.44. The monoisotopic (exact) mass is 428 g/mol. The molecule has 0 bridgehead atoms. The lowest BCUT2D eigenvalue weighted by molar-refractivity contribution is 0.0263. The number of benzene rings is 1. The van der Waals surface area contributed by atoms with E-state index in [2.05, 4.69) is 0 Å². The minimum Gasteiger partial charge on any atom is -0.492 e. The molecule has 1 aromatic heterocycles. The highest BCUT2D eigenvalue weighted by Crippen LogP contribution is 2.44. The molecule has 2 fully saturated rings. The Kier molecular flexibility index (Phi) is 5.33. The van der Waals surface area contributed by atoms with Gasteiger partial charge in [0.15, 0.2) is 11.6 Å². The second kappa shape index (κ2) is 7.21. The number of halogens is 2. The Morgan fingerprint density at radius 1 is 1.28 bits per heavy atom. The van der Waals surface area contributed by atoms with Gasteiger partial charge in [0, 0.05) is 25.0 Å². The number of ether oxygens (including phenoxy) is 1. The summed E-state index contributed by atoms with van der Waals surface area (Å²) >= 11 is 0. The number of aliphatic hydroxyl groups is 1. The molecule has 3 N–H and O–H groups in total. The average molecular weight is 429 g/mol. The number of hydrogen-bond donors (Lipinski definition) is 2. The van der Waals surface area contributed by atoms with Crippen LogP contribution >= 0.6 is 12.4 Å². The number of methoxy groups -OCH3 is 1. The second-order valence-corrected chi connectivity index (χ2v) is 8.28. The molecule has 160 valence electrons. The van der Waals surface area contributed by atoms with E-state index in [1.165, 1.54) is 11.7 Å². The molecule has 1 aliphatic carbocycles. The maximum absolute atomic E-state index is 15.1. The van der Waals surface area contributed by atoms with Gasteiger partial charge in [-0.3, -0.25) is 9.36 Å². The van der Waals surface area contributed by atoms with Crippen molar-refractivity contribution < 1.29 is 14.2 Å². The zero-order valence-corrected chi connectivity index (χ0v) is 17.5. The van der Waals surface area contributed by atoms with Crippen molar-refractivity contribution in [2.75, 3.05) is 30.9 Å². The summed E-state index contributed by atoms with van der Waals surface area (Å²) in [4.78, 5) is 27.0. The van der Waals surface area contributed by atoms with Crippen molar-refractivity contribution in [2.24, 2.45) is 5.92 Å². The predicted octanol–water partition coefficient (Wildman–Crippen LogP) is 1.38. The van der Waals surface area contributed by atoms with Gasteiger partial charge in [-0.1, -0.05) is 0 Å². The fourth-order valence-electron chi connectivity index (χ4n) is 4.14. The first-order valence-corrected chi connectivity index (χ1v) is 9.45. The van der Waals surface area contributed by atoms with Crippen LogP contribution in [0.2, 0.25) is 0 Å². The minimum atomic E-state index is -0.890. The van der Waals surface area contributed by atoms with E-state index in [9.17, 15) is 14.7 Å². The molecule has 1 unspecified atom stereocenters. The molecule has 1 saturated heterocycles. The minimum absolute atomic E-state index is 0. The number of hydrogen-bond acceptors (Lipinski definition) is 6. The molecule has 2 aromatic rings. The van der Waals surface area contributed by atoms with Crippen LogP contribution in [-0.4, -0.2) is 40.2 Å². The molecule has 4 rings (SSSR count). The van der Waals surface area contributed by atoms with E-state index in [0.29, 0.717) is 24.2 Å². The van der Waals surface area contributed by atoms with E-state index in [1.807, 2.05) is 4.90 Å². The highest BCUT2D eigenvalue weighted by atomic mass is 35.5. The topological polar surface area (TPSA) is 103 Å². The summed E-state index contributed by atoms with van der Waals surface area (Å²) in [5.74, 6) is 5.17. The zero-order valence-electron chi connectivity index (χ0n) is 16.6. The second-order valence-electron chi connectivity index (χ2n) is 8.28. The molecule has 0 radical (unpaired) electrons. The molecule has 10 heteroatoms. The van der Waals surface area contributed by atoms with E-state index < -0.39 is 22.7 Å². The summed E-state index contributed by atoms with van der Waals surface area (Å²) in [5, 5.41) is 10.3. The number of aromatic nitrogens is 2. The zero-order chi connectivity index (χ0) is 20.4. The van der Waals surface area contributed by atoms with Crippen molar-refractivity contribution >= 4 is 29.0 Å². The van der Waals surface area contributed by atoms with Gasteiger partial charge in [-0.2, -0.15) is 4.68 Å². The summed E-state index contributed by atoms with van der Waals surface area (Å²) in [7, 11) is 1.40. The molecule has 2 aliphatic rings. The summed E-state index contributed by atoms with van der Waals surface area (Å²) < 4.78 is 22.7. The van der Waals surface area contributed by atoms with Crippen LogP contribution in [0.5, 0.6) is 5.75 Å². The van der Waals surface area contributed by atoms with Crippen molar-refractivity contribution in [3.05, 3.63) is 32.7 Å². The molecular weight excluding hydrogens is 403 g/mol. The first-order chi connectivity index (χ1) is 13.1. The number of nitrogens with two attached hydrogens (primary N) is 1. The summed E-state index contributed by atoms with van der Waals surface area (Å²) in [6, 6.07) is 1.05. The third-order valence-corrected chi connectivity index (χ3v) is 5.90. The Morgan fingerprint density at radius 2 is 1.93 bits per heavy atom. The lowest BCUT2D eigenvalue weighted by Gasteiger charge is -2.27. The highest BCUT2D eigenvalue weighted by Gasteiger charge is 2.37. The van der Waals surface area contributed by atoms with Gasteiger partial charge in [0.2, 0.25) is 0 Å². The number of nitrogen functional groups attached to an aromatic ring is 1. The van der Waals surface area contributed by atoms with Crippen LogP contribution in [0.4, 0.5) is 10.1 Å². The van der Waals surface area contributed by atoms with Gasteiger partial charge in [0.05, 0.1) is 18.1 Å². The Labute approximate surface area is 173 Å². The third-order valence-electron chi connectivity index (χ3n) is 5.90. The molecular formula is C19H26ClFN4O4. The highest BCUT2D eigenvalue weighted by molar-refractivity contribution is 5.91. The van der Waals surface area contributed by atoms with E-state index in [0.717, 1.165) is 18.9 Å². The molecule has 8 nitrogen and oxygen atoms in total. The van der Waals surface area contributed by atoms with E-state index in [1.54, 1.807) is 13.8 Å². The number of anilines is 1. The Morgan fingerprint density at radius 3 is 2.45 bits per heavy atom.